The van der Waals surface area contributed by atoms with E-state index in [1.165, 1.54) is 5.56 Å². The second kappa shape index (κ2) is 9.68. The molecule has 2 rings (SSSR count). The summed E-state index contributed by atoms with van der Waals surface area (Å²) in [6, 6.07) is 10.4. The fourth-order valence-corrected chi connectivity index (χ4v) is 3.05. The van der Waals surface area contributed by atoms with Crippen LogP contribution in [0.4, 0.5) is 0 Å². The summed E-state index contributed by atoms with van der Waals surface area (Å²) < 4.78 is 6.06. The van der Waals surface area contributed by atoms with E-state index in [1.54, 1.807) is 6.92 Å². The molecule has 1 aliphatic rings. The SMILES string of the molecule is CC(O)CCC(=O)NC1CCCCC1OCCc1ccccc1. The summed E-state index contributed by atoms with van der Waals surface area (Å²) in [7, 11) is 0. The Morgan fingerprint density at radius 2 is 2.04 bits per heavy atom. The minimum Gasteiger partial charge on any atom is -0.393 e. The van der Waals surface area contributed by atoms with Crippen LogP contribution in [0.1, 0.15) is 51.0 Å². The van der Waals surface area contributed by atoms with Gasteiger partial charge in [0.05, 0.1) is 24.9 Å². The van der Waals surface area contributed by atoms with Gasteiger partial charge in [0.1, 0.15) is 0 Å². The maximum atomic E-state index is 12.0. The third kappa shape index (κ3) is 6.71. The first-order valence-electron chi connectivity index (χ1n) is 8.78. The van der Waals surface area contributed by atoms with Crippen LogP contribution in [0.2, 0.25) is 0 Å². The van der Waals surface area contributed by atoms with E-state index in [-0.39, 0.29) is 18.1 Å². The van der Waals surface area contributed by atoms with Gasteiger partial charge in [-0.1, -0.05) is 43.2 Å². The van der Waals surface area contributed by atoms with Crippen LogP contribution in [0.25, 0.3) is 0 Å². The van der Waals surface area contributed by atoms with Crippen molar-refractivity contribution in [2.75, 3.05) is 6.61 Å². The third-order valence-electron chi connectivity index (χ3n) is 4.40. The Morgan fingerprint density at radius 1 is 1.30 bits per heavy atom. The third-order valence-corrected chi connectivity index (χ3v) is 4.40. The lowest BCUT2D eigenvalue weighted by Crippen LogP contribution is -2.46. The molecule has 0 aromatic heterocycles. The fourth-order valence-electron chi connectivity index (χ4n) is 3.05. The lowest BCUT2D eigenvalue weighted by atomic mass is 9.92. The second-order valence-electron chi connectivity index (χ2n) is 6.49. The summed E-state index contributed by atoms with van der Waals surface area (Å²) in [5.41, 5.74) is 1.28. The minimum absolute atomic E-state index is 0.0226. The maximum Gasteiger partial charge on any atom is 0.220 e. The van der Waals surface area contributed by atoms with Gasteiger partial charge in [-0.15, -0.1) is 0 Å². The average Bonchev–Trinajstić information content (AvgIpc) is 2.55. The zero-order valence-electron chi connectivity index (χ0n) is 14.0. The van der Waals surface area contributed by atoms with Crippen molar-refractivity contribution >= 4 is 5.91 Å². The molecule has 1 amide bonds. The molecular formula is C19H29NO3. The second-order valence-corrected chi connectivity index (χ2v) is 6.49. The lowest BCUT2D eigenvalue weighted by molar-refractivity contribution is -0.124. The Bertz CT molecular complexity index is 461. The molecule has 1 aliphatic carbocycles. The highest BCUT2D eigenvalue weighted by molar-refractivity contribution is 5.76. The Balaban J connectivity index is 1.75. The van der Waals surface area contributed by atoms with E-state index >= 15 is 0 Å². The van der Waals surface area contributed by atoms with Gasteiger partial charge in [-0.2, -0.15) is 0 Å². The van der Waals surface area contributed by atoms with Gasteiger partial charge in [0.15, 0.2) is 0 Å². The summed E-state index contributed by atoms with van der Waals surface area (Å²) in [6.45, 7) is 2.40. The number of rotatable bonds is 8. The van der Waals surface area contributed by atoms with Crippen molar-refractivity contribution in [2.24, 2.45) is 0 Å². The molecule has 1 saturated carbocycles. The van der Waals surface area contributed by atoms with Crippen molar-refractivity contribution in [3.05, 3.63) is 35.9 Å². The highest BCUT2D eigenvalue weighted by atomic mass is 16.5. The number of nitrogens with one attached hydrogen (secondary N) is 1. The molecule has 3 unspecified atom stereocenters. The molecule has 0 heterocycles. The largest absolute Gasteiger partial charge is 0.393 e. The van der Waals surface area contributed by atoms with E-state index < -0.39 is 6.10 Å². The van der Waals surface area contributed by atoms with E-state index in [0.717, 1.165) is 32.1 Å². The van der Waals surface area contributed by atoms with Crippen LogP contribution in [0.15, 0.2) is 30.3 Å². The Hall–Kier alpha value is -1.39. The molecule has 23 heavy (non-hydrogen) atoms. The molecule has 0 aliphatic heterocycles. The Labute approximate surface area is 139 Å². The number of carbonyl (C=O) groups is 1. The molecule has 0 radical (unpaired) electrons. The Morgan fingerprint density at radius 3 is 2.78 bits per heavy atom. The molecule has 4 heteroatoms. The molecule has 0 bridgehead atoms. The number of hydrogen-bond acceptors (Lipinski definition) is 3. The minimum atomic E-state index is -0.426. The van der Waals surface area contributed by atoms with Crippen LogP contribution in [-0.4, -0.2) is 35.9 Å². The van der Waals surface area contributed by atoms with Crippen LogP contribution in [0, 0.1) is 0 Å². The molecule has 0 saturated heterocycles. The van der Waals surface area contributed by atoms with Gasteiger partial charge >= 0.3 is 0 Å². The summed E-state index contributed by atoms with van der Waals surface area (Å²) >= 11 is 0. The molecule has 1 aromatic carbocycles. The van der Waals surface area contributed by atoms with Crippen LogP contribution >= 0.6 is 0 Å². The first-order chi connectivity index (χ1) is 11.1. The van der Waals surface area contributed by atoms with Gasteiger partial charge in [0.2, 0.25) is 5.91 Å². The van der Waals surface area contributed by atoms with Crippen molar-refractivity contribution in [3.8, 4) is 0 Å². The molecule has 1 fully saturated rings. The maximum absolute atomic E-state index is 12.0. The van der Waals surface area contributed by atoms with Crippen molar-refractivity contribution in [1.29, 1.82) is 0 Å². The zero-order valence-corrected chi connectivity index (χ0v) is 14.0. The number of ether oxygens (including phenoxy) is 1. The van der Waals surface area contributed by atoms with Gasteiger partial charge in [0, 0.05) is 6.42 Å². The molecule has 128 valence electrons. The first kappa shape index (κ1) is 18.0. The van der Waals surface area contributed by atoms with E-state index in [1.807, 2.05) is 18.2 Å². The van der Waals surface area contributed by atoms with Crippen LogP contribution in [-0.2, 0) is 16.0 Å². The quantitative estimate of drug-likeness (QED) is 0.774. The number of amides is 1. The highest BCUT2D eigenvalue weighted by Crippen LogP contribution is 2.22. The van der Waals surface area contributed by atoms with Crippen molar-refractivity contribution < 1.29 is 14.6 Å². The molecule has 3 atom stereocenters. The van der Waals surface area contributed by atoms with E-state index in [9.17, 15) is 9.90 Å². The first-order valence-corrected chi connectivity index (χ1v) is 8.78. The summed E-state index contributed by atoms with van der Waals surface area (Å²) in [5, 5.41) is 12.4. The molecular weight excluding hydrogens is 290 g/mol. The Kier molecular flexibility index (Phi) is 7.56. The topological polar surface area (TPSA) is 58.6 Å². The highest BCUT2D eigenvalue weighted by Gasteiger charge is 2.27. The molecule has 4 nitrogen and oxygen atoms in total. The molecule has 0 spiro atoms. The van der Waals surface area contributed by atoms with E-state index in [4.69, 9.17) is 4.74 Å². The fraction of sp³-hybridized carbons (Fsp3) is 0.632. The lowest BCUT2D eigenvalue weighted by Gasteiger charge is -2.32. The van der Waals surface area contributed by atoms with Crippen LogP contribution in [0.3, 0.4) is 0 Å². The molecule has 2 N–H and O–H groups in total. The number of benzene rings is 1. The number of carbonyl (C=O) groups excluding carboxylic acids is 1. The van der Waals surface area contributed by atoms with E-state index in [2.05, 4.69) is 17.4 Å². The summed E-state index contributed by atoms with van der Waals surface area (Å²) in [6.07, 6.45) is 5.78. The van der Waals surface area contributed by atoms with Crippen molar-refractivity contribution in [2.45, 2.75) is 70.1 Å². The van der Waals surface area contributed by atoms with Gasteiger partial charge in [-0.3, -0.25) is 4.79 Å². The summed E-state index contributed by atoms with van der Waals surface area (Å²) in [5.74, 6) is 0.0226. The standard InChI is InChI=1S/C19H29NO3/c1-15(21)11-12-19(22)20-17-9-5-6-10-18(17)23-14-13-16-7-3-2-4-8-16/h2-4,7-8,15,17-18,21H,5-6,9-14H2,1H3,(H,20,22). The summed E-state index contributed by atoms with van der Waals surface area (Å²) in [4.78, 5) is 12.0. The zero-order chi connectivity index (χ0) is 16.5. The number of hydrogen-bond donors (Lipinski definition) is 2. The monoisotopic (exact) mass is 319 g/mol. The smallest absolute Gasteiger partial charge is 0.220 e. The van der Waals surface area contributed by atoms with Gasteiger partial charge in [-0.25, -0.2) is 0 Å². The van der Waals surface area contributed by atoms with Gasteiger partial charge in [-0.05, 0) is 38.2 Å². The van der Waals surface area contributed by atoms with Crippen LogP contribution in [0.5, 0.6) is 0 Å². The normalized spacial score (nSPS) is 22.5. The predicted octanol–water partition coefficient (Wildman–Crippen LogP) is 2.83. The van der Waals surface area contributed by atoms with E-state index in [0.29, 0.717) is 19.4 Å². The van der Waals surface area contributed by atoms with Gasteiger partial charge in [0.25, 0.3) is 0 Å². The molecule has 1 aromatic rings. The van der Waals surface area contributed by atoms with Crippen LogP contribution < -0.4 is 5.32 Å². The number of aliphatic hydroxyl groups excluding tert-OH is 1. The van der Waals surface area contributed by atoms with Crippen molar-refractivity contribution in [3.63, 3.8) is 0 Å². The predicted molar refractivity (Wildman–Crippen MR) is 91.2 cm³/mol. The average molecular weight is 319 g/mol. The van der Waals surface area contributed by atoms with Crippen molar-refractivity contribution in [1.82, 2.24) is 5.32 Å². The van der Waals surface area contributed by atoms with Gasteiger partial charge < -0.3 is 15.2 Å². The number of aliphatic hydroxyl groups is 1.